The lowest BCUT2D eigenvalue weighted by Gasteiger charge is -2.09. The summed E-state index contributed by atoms with van der Waals surface area (Å²) >= 11 is 0. The molecule has 0 atom stereocenters. The van der Waals surface area contributed by atoms with Crippen molar-refractivity contribution in [1.29, 1.82) is 0 Å². The van der Waals surface area contributed by atoms with Gasteiger partial charge in [0.1, 0.15) is 5.82 Å². The SMILES string of the molecule is NC(=O)Nc1ccc(CNC(=O)c2ccccc2-c2ncc(-c3ccccc3F)o2)cc1. The predicted molar refractivity (Wildman–Crippen MR) is 118 cm³/mol. The fraction of sp³-hybridized carbons (Fsp3) is 0.0417. The summed E-state index contributed by atoms with van der Waals surface area (Å²) in [4.78, 5) is 28.0. The molecule has 0 radical (unpaired) electrons. The average Bonchev–Trinajstić information content (AvgIpc) is 3.28. The van der Waals surface area contributed by atoms with Gasteiger partial charge in [-0.1, -0.05) is 36.4 Å². The van der Waals surface area contributed by atoms with Crippen LogP contribution in [0.2, 0.25) is 0 Å². The Balaban J connectivity index is 1.51. The quantitative estimate of drug-likeness (QED) is 0.416. The molecule has 4 N–H and O–H groups in total. The number of urea groups is 1. The smallest absolute Gasteiger partial charge is 0.316 e. The van der Waals surface area contributed by atoms with Crippen LogP contribution in [0.1, 0.15) is 15.9 Å². The molecule has 3 amide bonds. The van der Waals surface area contributed by atoms with Gasteiger partial charge in [-0.05, 0) is 42.0 Å². The monoisotopic (exact) mass is 430 g/mol. The number of anilines is 1. The van der Waals surface area contributed by atoms with E-state index in [0.29, 0.717) is 22.4 Å². The number of aromatic nitrogens is 1. The minimum Gasteiger partial charge on any atom is -0.436 e. The number of oxazole rings is 1. The third-order valence-electron chi connectivity index (χ3n) is 4.72. The first-order valence-corrected chi connectivity index (χ1v) is 9.75. The van der Waals surface area contributed by atoms with Gasteiger partial charge in [0.15, 0.2) is 5.76 Å². The summed E-state index contributed by atoms with van der Waals surface area (Å²) in [6.07, 6.45) is 1.43. The number of rotatable bonds is 6. The van der Waals surface area contributed by atoms with Crippen LogP contribution >= 0.6 is 0 Å². The van der Waals surface area contributed by atoms with E-state index in [1.54, 1.807) is 66.7 Å². The summed E-state index contributed by atoms with van der Waals surface area (Å²) in [6, 6.07) is 19.4. The number of hydrogen-bond donors (Lipinski definition) is 3. The normalized spacial score (nSPS) is 10.5. The number of halogens is 1. The van der Waals surface area contributed by atoms with Crippen LogP contribution in [0.25, 0.3) is 22.8 Å². The van der Waals surface area contributed by atoms with Crippen molar-refractivity contribution in [2.75, 3.05) is 5.32 Å². The molecule has 0 aliphatic rings. The van der Waals surface area contributed by atoms with Crippen molar-refractivity contribution < 1.29 is 18.4 Å². The molecule has 4 rings (SSSR count). The zero-order valence-corrected chi connectivity index (χ0v) is 16.8. The van der Waals surface area contributed by atoms with Crippen LogP contribution in [0.3, 0.4) is 0 Å². The molecule has 1 heterocycles. The molecule has 0 aliphatic heterocycles. The van der Waals surface area contributed by atoms with Gasteiger partial charge in [0.05, 0.1) is 17.3 Å². The van der Waals surface area contributed by atoms with Crippen LogP contribution in [-0.4, -0.2) is 16.9 Å². The van der Waals surface area contributed by atoms with E-state index in [9.17, 15) is 14.0 Å². The van der Waals surface area contributed by atoms with E-state index in [2.05, 4.69) is 15.6 Å². The van der Waals surface area contributed by atoms with Crippen LogP contribution in [0, 0.1) is 5.82 Å². The van der Waals surface area contributed by atoms with E-state index >= 15 is 0 Å². The molecular weight excluding hydrogens is 411 g/mol. The molecular formula is C24H19FN4O3. The van der Waals surface area contributed by atoms with Gasteiger partial charge in [0, 0.05) is 17.8 Å². The summed E-state index contributed by atoms with van der Waals surface area (Å²) in [5.74, 6) is -0.238. The van der Waals surface area contributed by atoms with E-state index in [1.807, 2.05) is 0 Å². The molecule has 0 unspecified atom stereocenters. The maximum Gasteiger partial charge on any atom is 0.316 e. The van der Waals surface area contributed by atoms with Crippen LogP contribution in [0.5, 0.6) is 0 Å². The number of nitrogens with zero attached hydrogens (tertiary/aromatic N) is 1. The number of hydrogen-bond acceptors (Lipinski definition) is 4. The van der Waals surface area contributed by atoms with Gasteiger partial charge in [0.2, 0.25) is 5.89 Å². The van der Waals surface area contributed by atoms with Crippen LogP contribution in [-0.2, 0) is 6.54 Å². The maximum atomic E-state index is 14.1. The Labute approximate surface area is 183 Å². The summed E-state index contributed by atoms with van der Waals surface area (Å²) in [5.41, 5.74) is 7.65. The zero-order valence-electron chi connectivity index (χ0n) is 16.8. The highest BCUT2D eigenvalue weighted by molar-refractivity contribution is 6.00. The number of carbonyl (C=O) groups is 2. The highest BCUT2D eigenvalue weighted by Crippen LogP contribution is 2.29. The van der Waals surface area contributed by atoms with Gasteiger partial charge >= 0.3 is 6.03 Å². The Hall–Kier alpha value is -4.46. The topological polar surface area (TPSA) is 110 Å². The van der Waals surface area contributed by atoms with E-state index in [4.69, 9.17) is 10.2 Å². The van der Waals surface area contributed by atoms with Gasteiger partial charge in [-0.2, -0.15) is 0 Å². The predicted octanol–water partition coefficient (Wildman–Crippen LogP) is 4.57. The first kappa shape index (κ1) is 20.8. The van der Waals surface area contributed by atoms with Crippen molar-refractivity contribution in [2.45, 2.75) is 6.54 Å². The molecule has 0 fully saturated rings. The number of carbonyl (C=O) groups excluding carboxylic acids is 2. The number of primary amides is 1. The Kier molecular flexibility index (Phi) is 5.94. The molecule has 8 heteroatoms. The second-order valence-electron chi connectivity index (χ2n) is 6.92. The van der Waals surface area contributed by atoms with E-state index < -0.39 is 11.8 Å². The van der Waals surface area contributed by atoms with Crippen molar-refractivity contribution in [3.8, 4) is 22.8 Å². The minimum absolute atomic E-state index is 0.218. The van der Waals surface area contributed by atoms with E-state index in [1.165, 1.54) is 12.3 Å². The van der Waals surface area contributed by atoms with Gasteiger partial charge in [-0.15, -0.1) is 0 Å². The summed E-state index contributed by atoms with van der Waals surface area (Å²) < 4.78 is 19.8. The van der Waals surface area contributed by atoms with Crippen molar-refractivity contribution >= 4 is 17.6 Å². The fourth-order valence-electron chi connectivity index (χ4n) is 3.18. The number of nitrogens with two attached hydrogens (primary N) is 1. The summed E-state index contributed by atoms with van der Waals surface area (Å²) in [7, 11) is 0. The van der Waals surface area contributed by atoms with Gasteiger partial charge in [-0.3, -0.25) is 4.79 Å². The van der Waals surface area contributed by atoms with Gasteiger partial charge < -0.3 is 20.8 Å². The molecule has 4 aromatic rings. The van der Waals surface area contributed by atoms with Crippen molar-refractivity contribution in [3.05, 3.63) is 95.9 Å². The second-order valence-corrected chi connectivity index (χ2v) is 6.92. The van der Waals surface area contributed by atoms with Gasteiger partial charge in [0.25, 0.3) is 5.91 Å². The molecule has 32 heavy (non-hydrogen) atoms. The number of benzene rings is 3. The maximum absolute atomic E-state index is 14.1. The Morgan fingerprint density at radius 3 is 2.34 bits per heavy atom. The Bertz CT molecular complexity index is 1270. The largest absolute Gasteiger partial charge is 0.436 e. The Morgan fingerprint density at radius 1 is 0.938 bits per heavy atom. The molecule has 0 saturated heterocycles. The second kappa shape index (κ2) is 9.13. The lowest BCUT2D eigenvalue weighted by Crippen LogP contribution is -2.23. The first-order chi connectivity index (χ1) is 15.5. The lowest BCUT2D eigenvalue weighted by molar-refractivity contribution is 0.0951. The van der Waals surface area contributed by atoms with Crippen LogP contribution in [0.4, 0.5) is 14.9 Å². The highest BCUT2D eigenvalue weighted by Gasteiger charge is 2.17. The standard InChI is InChI=1S/C24H19FN4O3/c25-20-8-4-3-7-19(20)21-14-28-23(32-21)18-6-2-1-5-17(18)22(30)27-13-15-9-11-16(12-10-15)29-24(26)31/h1-12,14H,13H2,(H,27,30)(H3,26,29,31). The molecule has 0 aliphatic carbocycles. The first-order valence-electron chi connectivity index (χ1n) is 9.75. The van der Waals surface area contributed by atoms with Crippen LogP contribution < -0.4 is 16.4 Å². The van der Waals surface area contributed by atoms with Crippen molar-refractivity contribution in [1.82, 2.24) is 10.3 Å². The molecule has 1 aromatic heterocycles. The molecule has 3 aromatic carbocycles. The molecule has 0 bridgehead atoms. The molecule has 0 saturated carbocycles. The summed E-state index contributed by atoms with van der Waals surface area (Å²) in [5, 5.41) is 5.33. The minimum atomic E-state index is -0.646. The highest BCUT2D eigenvalue weighted by atomic mass is 19.1. The fourth-order valence-corrected chi connectivity index (χ4v) is 3.18. The Morgan fingerprint density at radius 2 is 1.62 bits per heavy atom. The number of nitrogens with one attached hydrogen (secondary N) is 2. The molecule has 0 spiro atoms. The third-order valence-corrected chi connectivity index (χ3v) is 4.72. The van der Waals surface area contributed by atoms with E-state index in [-0.39, 0.29) is 24.1 Å². The van der Waals surface area contributed by atoms with E-state index in [0.717, 1.165) is 5.56 Å². The lowest BCUT2D eigenvalue weighted by atomic mass is 10.1. The third kappa shape index (κ3) is 4.65. The zero-order chi connectivity index (χ0) is 22.5. The van der Waals surface area contributed by atoms with Crippen molar-refractivity contribution in [2.24, 2.45) is 5.73 Å². The molecule has 160 valence electrons. The van der Waals surface area contributed by atoms with Crippen LogP contribution in [0.15, 0.2) is 83.4 Å². The summed E-state index contributed by atoms with van der Waals surface area (Å²) in [6.45, 7) is 0.274. The van der Waals surface area contributed by atoms with Gasteiger partial charge in [-0.25, -0.2) is 14.2 Å². The number of amides is 3. The van der Waals surface area contributed by atoms with Crippen molar-refractivity contribution in [3.63, 3.8) is 0 Å². The molecule has 7 nitrogen and oxygen atoms in total. The average molecular weight is 430 g/mol.